The molecule has 3 aliphatic rings. The van der Waals surface area contributed by atoms with Gasteiger partial charge in [0.2, 0.25) is 0 Å². The van der Waals surface area contributed by atoms with E-state index in [-0.39, 0.29) is 12.1 Å². The molecular formula is C14H17F3N2. The van der Waals surface area contributed by atoms with Crippen LogP contribution >= 0.6 is 0 Å². The lowest BCUT2D eigenvalue weighted by Gasteiger charge is -2.45. The van der Waals surface area contributed by atoms with Gasteiger partial charge in [-0.2, -0.15) is 0 Å². The summed E-state index contributed by atoms with van der Waals surface area (Å²) in [6.45, 7) is 3.50. The van der Waals surface area contributed by atoms with E-state index in [2.05, 4.69) is 10.2 Å². The van der Waals surface area contributed by atoms with Crippen molar-refractivity contribution in [3.8, 4) is 0 Å². The maximum absolute atomic E-state index is 13.5. The maximum Gasteiger partial charge on any atom is 0.161 e. The molecule has 0 spiro atoms. The van der Waals surface area contributed by atoms with Gasteiger partial charge in [0.25, 0.3) is 0 Å². The fourth-order valence-electron chi connectivity index (χ4n) is 3.14. The Kier molecular flexibility index (Phi) is 3.50. The highest BCUT2D eigenvalue weighted by Gasteiger charge is 2.33. The molecule has 0 aromatic heterocycles. The molecule has 2 nitrogen and oxygen atoms in total. The number of piperidine rings is 3. The monoisotopic (exact) mass is 270 g/mol. The third-order valence-corrected chi connectivity index (χ3v) is 4.30. The number of hydrogen-bond acceptors (Lipinski definition) is 2. The molecule has 3 heterocycles. The highest BCUT2D eigenvalue weighted by molar-refractivity contribution is 5.20. The van der Waals surface area contributed by atoms with Crippen LogP contribution in [0.2, 0.25) is 0 Å². The van der Waals surface area contributed by atoms with Gasteiger partial charge in [-0.1, -0.05) is 0 Å². The van der Waals surface area contributed by atoms with E-state index in [0.29, 0.717) is 18.0 Å². The summed E-state index contributed by atoms with van der Waals surface area (Å²) < 4.78 is 39.4. The van der Waals surface area contributed by atoms with E-state index in [1.807, 2.05) is 0 Å². The van der Waals surface area contributed by atoms with Crippen molar-refractivity contribution in [2.24, 2.45) is 5.92 Å². The van der Waals surface area contributed by atoms with Gasteiger partial charge in [0.05, 0.1) is 0 Å². The van der Waals surface area contributed by atoms with Crippen molar-refractivity contribution in [2.75, 3.05) is 19.6 Å². The third-order valence-electron chi connectivity index (χ3n) is 4.30. The van der Waals surface area contributed by atoms with Gasteiger partial charge in [-0.15, -0.1) is 0 Å². The molecular weight excluding hydrogens is 253 g/mol. The Morgan fingerprint density at radius 2 is 1.74 bits per heavy atom. The zero-order chi connectivity index (χ0) is 13.4. The number of hydrogen-bond donors (Lipinski definition) is 1. The highest BCUT2D eigenvalue weighted by Crippen LogP contribution is 2.27. The highest BCUT2D eigenvalue weighted by atomic mass is 19.2. The summed E-state index contributed by atoms with van der Waals surface area (Å²) in [5, 5.41) is 3.29. The number of fused-ring (bicyclic) bond motifs is 3. The number of benzene rings is 1. The summed E-state index contributed by atoms with van der Waals surface area (Å²) in [6.07, 6.45) is 2.33. The van der Waals surface area contributed by atoms with E-state index in [1.165, 1.54) is 0 Å². The lowest BCUT2D eigenvalue weighted by atomic mass is 9.84. The minimum absolute atomic E-state index is 0.190. The number of halogens is 3. The van der Waals surface area contributed by atoms with E-state index in [4.69, 9.17) is 0 Å². The Bertz CT molecular complexity index is 470. The minimum atomic E-state index is -1.14. The summed E-state index contributed by atoms with van der Waals surface area (Å²) in [5.41, 5.74) is 0.190. The van der Waals surface area contributed by atoms with Crippen molar-refractivity contribution in [2.45, 2.75) is 25.4 Å². The van der Waals surface area contributed by atoms with Crippen molar-refractivity contribution in [1.82, 2.24) is 10.2 Å². The molecule has 1 aromatic rings. The molecule has 4 rings (SSSR count). The molecule has 5 heteroatoms. The first kappa shape index (κ1) is 12.9. The van der Waals surface area contributed by atoms with E-state index >= 15 is 0 Å². The summed E-state index contributed by atoms with van der Waals surface area (Å²) in [7, 11) is 0. The zero-order valence-corrected chi connectivity index (χ0v) is 10.6. The van der Waals surface area contributed by atoms with Crippen LogP contribution in [-0.4, -0.2) is 30.6 Å². The molecule has 1 atom stereocenters. The first-order valence-corrected chi connectivity index (χ1v) is 6.72. The quantitative estimate of drug-likeness (QED) is 0.848. The molecule has 3 aliphatic heterocycles. The van der Waals surface area contributed by atoms with Crippen LogP contribution in [0.25, 0.3) is 0 Å². The van der Waals surface area contributed by atoms with Crippen LogP contribution in [0, 0.1) is 23.4 Å². The Hall–Kier alpha value is -1.07. The Labute approximate surface area is 110 Å². The van der Waals surface area contributed by atoms with Crippen LogP contribution in [0.15, 0.2) is 12.1 Å². The molecule has 1 unspecified atom stereocenters. The van der Waals surface area contributed by atoms with Gasteiger partial charge in [0.1, 0.15) is 5.82 Å². The Morgan fingerprint density at radius 3 is 2.37 bits per heavy atom. The van der Waals surface area contributed by atoms with Gasteiger partial charge in [0, 0.05) is 30.8 Å². The number of rotatable bonds is 3. The molecule has 3 saturated heterocycles. The van der Waals surface area contributed by atoms with E-state index in [1.54, 1.807) is 0 Å². The second-order valence-electron chi connectivity index (χ2n) is 5.48. The van der Waals surface area contributed by atoms with Gasteiger partial charge in [-0.3, -0.25) is 0 Å². The first-order valence-electron chi connectivity index (χ1n) is 6.72. The minimum Gasteiger partial charge on any atom is -0.308 e. The Balaban J connectivity index is 1.65. The molecule has 0 aliphatic carbocycles. The molecule has 1 N–H and O–H groups in total. The van der Waals surface area contributed by atoms with E-state index in [9.17, 15) is 13.2 Å². The van der Waals surface area contributed by atoms with Crippen molar-refractivity contribution in [3.63, 3.8) is 0 Å². The smallest absolute Gasteiger partial charge is 0.161 e. The van der Waals surface area contributed by atoms with E-state index in [0.717, 1.165) is 38.5 Å². The van der Waals surface area contributed by atoms with Gasteiger partial charge in [-0.05, 0) is 37.9 Å². The lowest BCUT2D eigenvalue weighted by molar-refractivity contribution is 0.0718. The van der Waals surface area contributed by atoms with Crippen LogP contribution in [0.3, 0.4) is 0 Å². The number of nitrogens with one attached hydrogen (secondary N) is 1. The van der Waals surface area contributed by atoms with Crippen molar-refractivity contribution in [1.29, 1.82) is 0 Å². The maximum atomic E-state index is 13.5. The van der Waals surface area contributed by atoms with Crippen LogP contribution < -0.4 is 5.32 Å². The predicted octanol–water partition coefficient (Wildman–Crippen LogP) is 2.29. The fraction of sp³-hybridized carbons (Fsp3) is 0.571. The lowest BCUT2D eigenvalue weighted by Crippen LogP contribution is -2.55. The van der Waals surface area contributed by atoms with Crippen molar-refractivity contribution in [3.05, 3.63) is 35.1 Å². The average Bonchev–Trinajstić information content (AvgIpc) is 2.43. The second-order valence-corrected chi connectivity index (χ2v) is 5.48. The van der Waals surface area contributed by atoms with Crippen LogP contribution in [0.5, 0.6) is 0 Å². The average molecular weight is 270 g/mol. The first-order chi connectivity index (χ1) is 9.13. The van der Waals surface area contributed by atoms with Gasteiger partial charge >= 0.3 is 0 Å². The van der Waals surface area contributed by atoms with Crippen molar-refractivity contribution < 1.29 is 13.2 Å². The number of nitrogens with zero attached hydrogens (tertiary/aromatic N) is 1. The van der Waals surface area contributed by atoms with E-state index < -0.39 is 17.5 Å². The topological polar surface area (TPSA) is 15.3 Å². The molecule has 2 bridgehead atoms. The molecule has 3 fully saturated rings. The summed E-state index contributed by atoms with van der Waals surface area (Å²) >= 11 is 0. The second kappa shape index (κ2) is 5.13. The molecule has 0 saturated carbocycles. The normalized spacial score (nSPS) is 29.7. The molecule has 19 heavy (non-hydrogen) atoms. The van der Waals surface area contributed by atoms with Crippen LogP contribution in [-0.2, 0) is 6.54 Å². The SMILES string of the molecule is Fc1cc(F)c(CNC2CN3CCC2CC3)cc1F. The van der Waals surface area contributed by atoms with Crippen molar-refractivity contribution >= 4 is 0 Å². The van der Waals surface area contributed by atoms with Gasteiger partial charge in [0.15, 0.2) is 11.6 Å². The molecule has 1 aromatic carbocycles. The summed E-state index contributed by atoms with van der Waals surface area (Å²) in [4.78, 5) is 2.39. The Morgan fingerprint density at radius 1 is 1.05 bits per heavy atom. The molecule has 0 amide bonds. The van der Waals surface area contributed by atoms with Crippen LogP contribution in [0.1, 0.15) is 18.4 Å². The third kappa shape index (κ3) is 2.62. The predicted molar refractivity (Wildman–Crippen MR) is 66.1 cm³/mol. The van der Waals surface area contributed by atoms with Gasteiger partial charge in [-0.25, -0.2) is 13.2 Å². The fourth-order valence-corrected chi connectivity index (χ4v) is 3.14. The zero-order valence-electron chi connectivity index (χ0n) is 10.6. The largest absolute Gasteiger partial charge is 0.308 e. The van der Waals surface area contributed by atoms with Gasteiger partial charge < -0.3 is 10.2 Å². The van der Waals surface area contributed by atoms with Crippen LogP contribution in [0.4, 0.5) is 13.2 Å². The molecule has 0 radical (unpaired) electrons. The molecule has 104 valence electrons. The summed E-state index contributed by atoms with van der Waals surface area (Å²) in [5.74, 6) is -2.19. The summed E-state index contributed by atoms with van der Waals surface area (Å²) in [6, 6.07) is 1.89. The standard InChI is InChI=1S/C14H17F3N2/c15-11-6-13(17)12(16)5-10(11)7-18-14-8-19-3-1-9(14)2-4-19/h5-6,9,14,18H,1-4,7-8H2.